The minimum Gasteiger partial charge on any atom is -0.481 e. The normalized spacial score (nSPS) is 30.8. The number of hydrogen-bond acceptors (Lipinski definition) is 12. The Labute approximate surface area is 641 Å². The molecule has 6 aromatic rings. The summed E-state index contributed by atoms with van der Waals surface area (Å²) in [5.41, 5.74) is -0.205. The van der Waals surface area contributed by atoms with E-state index in [-0.39, 0.29) is 54.5 Å². The Bertz CT molecular complexity index is 3470. The third-order valence-corrected chi connectivity index (χ3v) is 30.7. The van der Waals surface area contributed by atoms with Crippen molar-refractivity contribution >= 4 is 142 Å². The van der Waals surface area contributed by atoms with Crippen molar-refractivity contribution in [2.24, 2.45) is 71.0 Å². The molecule has 0 aromatic heterocycles. The Morgan fingerprint density at radius 2 is 0.588 bits per heavy atom. The lowest BCUT2D eigenvalue weighted by atomic mass is 9.49. The minimum atomic E-state index is -0.590. The third-order valence-electron chi connectivity index (χ3n) is 24.2. The predicted molar refractivity (Wildman–Crippen MR) is 414 cm³/mol. The van der Waals surface area contributed by atoms with E-state index < -0.39 is 10.9 Å². The highest BCUT2D eigenvalue weighted by molar-refractivity contribution is 14.1. The van der Waals surface area contributed by atoms with Crippen molar-refractivity contribution in [1.29, 1.82) is 0 Å². The quantitative estimate of drug-likeness (QED) is 0.0247. The molecule has 12 aliphatic carbocycles. The number of rotatable bonds is 24. The van der Waals surface area contributed by atoms with Crippen LogP contribution in [0, 0.1) is 95.8 Å². The maximum absolute atomic E-state index is 13.6. The van der Waals surface area contributed by atoms with Crippen molar-refractivity contribution in [3.8, 4) is 51.7 Å². The molecule has 512 valence electrons. The molecule has 12 aliphatic rings. The third kappa shape index (κ3) is 13.9. The summed E-state index contributed by atoms with van der Waals surface area (Å²) in [5, 5.41) is 0. The molecule has 97 heavy (non-hydrogen) atoms. The van der Waals surface area contributed by atoms with Gasteiger partial charge in [0.15, 0.2) is 34.5 Å². The fraction of sp³-hybridized carbons (Fsp3) is 0.506. The molecule has 0 unspecified atom stereocenters. The van der Waals surface area contributed by atoms with E-state index in [0.717, 1.165) is 92.9 Å². The highest BCUT2D eigenvalue weighted by atomic mass is 127. The number of aryl methyl sites for hydroxylation is 1. The van der Waals surface area contributed by atoms with Crippen LogP contribution in [0.1, 0.15) is 142 Å². The number of carbonyl (C=O) groups is 3. The van der Waals surface area contributed by atoms with Crippen LogP contribution in [0.2, 0.25) is 0 Å². The van der Waals surface area contributed by atoms with Gasteiger partial charge in [-0.15, -0.1) is 0 Å². The van der Waals surface area contributed by atoms with Crippen LogP contribution in [0.5, 0.6) is 51.7 Å². The lowest BCUT2D eigenvalue weighted by molar-refractivity contribution is -0.212. The fourth-order valence-corrected chi connectivity index (χ4v) is 25.4. The number of esters is 3. The van der Waals surface area contributed by atoms with Gasteiger partial charge in [0.1, 0.15) is 68.5 Å². The van der Waals surface area contributed by atoms with Crippen LogP contribution in [0.15, 0.2) is 124 Å². The van der Waals surface area contributed by atoms with E-state index >= 15 is 0 Å². The first-order valence-corrected chi connectivity index (χ1v) is 41.9. The summed E-state index contributed by atoms with van der Waals surface area (Å²) in [6.07, 6.45) is 20.8. The van der Waals surface area contributed by atoms with Crippen molar-refractivity contribution in [2.45, 2.75) is 175 Å². The van der Waals surface area contributed by atoms with Crippen LogP contribution in [-0.2, 0) is 39.5 Å². The summed E-state index contributed by atoms with van der Waals surface area (Å²) >= 11 is 11.3. The SMILES string of the molecule is CCC1(OC(=O)COc2cc(C)c(Oc3ccc([S+](c4ccc(Oc5cc(I)c(OCC(=O)OC6(CC)C7CC8CC(C7)CC6C8)cc5I)cc4)c4ccc(Oc5cc(I)c(OCC(=O)OC6(CC)C7CC8CC(C7)CC6C8)cc5I)cc4)cc3)cc2I)C2CC3CC(C2)CC1C3. The van der Waals surface area contributed by atoms with Gasteiger partial charge >= 0.3 is 17.9 Å². The molecule has 18 heteroatoms. The van der Waals surface area contributed by atoms with Crippen molar-refractivity contribution in [1.82, 2.24) is 0 Å². The van der Waals surface area contributed by atoms with E-state index in [9.17, 15) is 14.4 Å². The summed E-state index contributed by atoms with van der Waals surface area (Å²) in [5.74, 6) is 12.6. The molecule has 6 aromatic carbocycles. The molecule has 12 bridgehead atoms. The monoisotopic (exact) mass is 1890 g/mol. The zero-order valence-electron chi connectivity index (χ0n) is 55.4. The maximum Gasteiger partial charge on any atom is 0.344 e. The van der Waals surface area contributed by atoms with Gasteiger partial charge in [0.05, 0.1) is 28.7 Å². The first-order chi connectivity index (χ1) is 46.8. The van der Waals surface area contributed by atoms with Crippen LogP contribution in [0.4, 0.5) is 0 Å². The number of halogens is 5. The topological polar surface area (TPSA) is 134 Å². The highest BCUT2D eigenvalue weighted by Gasteiger charge is 2.61. The molecule has 18 rings (SSSR count). The maximum atomic E-state index is 13.6. The average Bonchev–Trinajstić information content (AvgIpc) is 0.741. The summed E-state index contributed by atoms with van der Waals surface area (Å²) in [7, 11) is -0.590. The number of hydrogen-bond donors (Lipinski definition) is 0. The lowest BCUT2D eigenvalue weighted by Gasteiger charge is -2.60. The molecular formula is C79H84I5O12S+. The van der Waals surface area contributed by atoms with E-state index in [4.69, 9.17) is 42.6 Å². The largest absolute Gasteiger partial charge is 0.481 e. The molecule has 12 fully saturated rings. The smallest absolute Gasteiger partial charge is 0.344 e. The van der Waals surface area contributed by atoms with Crippen LogP contribution >= 0.6 is 113 Å². The first-order valence-electron chi connectivity index (χ1n) is 35.2. The van der Waals surface area contributed by atoms with E-state index in [2.05, 4.69) is 170 Å². The van der Waals surface area contributed by atoms with Gasteiger partial charge in [-0.3, -0.25) is 0 Å². The van der Waals surface area contributed by atoms with E-state index in [0.29, 0.717) is 87.3 Å². The lowest BCUT2D eigenvalue weighted by Crippen LogP contribution is -2.59. The molecule has 0 radical (unpaired) electrons. The number of benzene rings is 6. The van der Waals surface area contributed by atoms with Crippen LogP contribution in [0.3, 0.4) is 0 Å². The average molecular weight is 1890 g/mol. The molecule has 12 saturated carbocycles. The Kier molecular flexibility index (Phi) is 20.4. The first kappa shape index (κ1) is 69.3. The Hall–Kier alpha value is -3.47. The number of ether oxygens (including phenoxy) is 9. The fourth-order valence-electron chi connectivity index (χ4n) is 20.5. The van der Waals surface area contributed by atoms with Gasteiger partial charge in [0, 0.05) is 0 Å². The molecule has 0 atom stereocenters. The molecule has 0 aliphatic heterocycles. The molecule has 0 N–H and O–H groups in total. The zero-order valence-corrected chi connectivity index (χ0v) is 67.0. The van der Waals surface area contributed by atoms with Gasteiger partial charge < -0.3 is 42.6 Å². The van der Waals surface area contributed by atoms with Gasteiger partial charge in [0.25, 0.3) is 0 Å². The van der Waals surface area contributed by atoms with Crippen molar-refractivity contribution in [3.05, 3.63) is 133 Å². The van der Waals surface area contributed by atoms with Crippen LogP contribution in [0.25, 0.3) is 0 Å². The molecule has 0 spiro atoms. The molecule has 0 amide bonds. The van der Waals surface area contributed by atoms with Gasteiger partial charge in [-0.2, -0.15) is 0 Å². The van der Waals surface area contributed by atoms with Crippen molar-refractivity contribution in [2.75, 3.05) is 19.8 Å². The Morgan fingerprint density at radius 1 is 0.351 bits per heavy atom. The summed E-state index contributed by atoms with van der Waals surface area (Å²) in [4.78, 5) is 43.9. The van der Waals surface area contributed by atoms with E-state index in [1.807, 2.05) is 79.7 Å². The van der Waals surface area contributed by atoms with E-state index in [1.165, 1.54) is 96.3 Å². The molecule has 0 saturated heterocycles. The molecule has 0 heterocycles. The van der Waals surface area contributed by atoms with Crippen LogP contribution < -0.4 is 28.4 Å². The predicted octanol–water partition coefficient (Wildman–Crippen LogP) is 21.1. The number of carbonyl (C=O) groups excluding carboxylic acids is 3. The second-order valence-corrected chi connectivity index (χ2v) is 37.5. The van der Waals surface area contributed by atoms with Gasteiger partial charge in [-0.05, 0) is 421 Å². The Balaban J connectivity index is 0.622. The van der Waals surface area contributed by atoms with Gasteiger partial charge in [-0.25, -0.2) is 14.4 Å². The summed E-state index contributed by atoms with van der Waals surface area (Å²) in [6.45, 7) is 8.16. The summed E-state index contributed by atoms with van der Waals surface area (Å²) in [6, 6.07) is 36.5. The van der Waals surface area contributed by atoms with Gasteiger partial charge in [0.2, 0.25) is 0 Å². The van der Waals surface area contributed by atoms with Crippen LogP contribution in [-0.4, -0.2) is 54.5 Å². The second kappa shape index (κ2) is 28.6. The summed E-state index contributed by atoms with van der Waals surface area (Å²) < 4.78 is 62.0. The van der Waals surface area contributed by atoms with Gasteiger partial charge in [-0.1, -0.05) is 20.8 Å². The Morgan fingerprint density at radius 3 is 0.866 bits per heavy atom. The minimum absolute atomic E-state index is 0.131. The van der Waals surface area contributed by atoms with Crippen molar-refractivity contribution < 1.29 is 57.0 Å². The standard InChI is InChI=1S/C79H84I5O12S/c1-5-77(51-24-45-21-46(26-51)27-52(77)25-45)94-74(85)41-88-69-20-44(4)68(36-63(69)80)91-57-8-14-60(15-9-57)97(61-16-10-58(11-17-61)92-72-39-64(81)70(37-66(72)83)89-42-75(86)95-78(6-2)53-28-47-22-48(30-53)31-54(78)29-47)62-18-12-59(13-19-62)93-73-40-65(82)71(38-67(73)84)90-43-76(87)96-79(7-3)55-32-49-23-50(34-55)35-56(79)33-49/h8-20,36-40,45-56H,5-7,21-35,41-43H2,1-4H3/q+1. The highest BCUT2D eigenvalue weighted by Crippen LogP contribution is 2.64. The zero-order chi connectivity index (χ0) is 67.1. The van der Waals surface area contributed by atoms with E-state index in [1.54, 1.807) is 0 Å². The molecule has 12 nitrogen and oxygen atoms in total. The van der Waals surface area contributed by atoms with Crippen molar-refractivity contribution in [3.63, 3.8) is 0 Å². The second-order valence-electron chi connectivity index (χ2n) is 29.6. The molecular weight excluding hydrogens is 1810 g/mol.